The molecular formula is C23H30N4O5. The molecule has 2 atom stereocenters. The van der Waals surface area contributed by atoms with Crippen LogP contribution in [0.3, 0.4) is 0 Å². The normalized spacial score (nSPS) is 21.4. The van der Waals surface area contributed by atoms with Crippen LogP contribution in [0.4, 0.5) is 15.3 Å². The van der Waals surface area contributed by atoms with Crippen molar-refractivity contribution in [3.8, 4) is 5.88 Å². The Morgan fingerprint density at radius 2 is 2.03 bits per heavy atom. The Kier molecular flexibility index (Phi) is 6.08. The van der Waals surface area contributed by atoms with Gasteiger partial charge in [-0.15, -0.1) is 0 Å². The van der Waals surface area contributed by atoms with E-state index in [1.54, 1.807) is 24.3 Å². The molecule has 0 bridgehead atoms. The van der Waals surface area contributed by atoms with E-state index in [4.69, 9.17) is 14.2 Å². The van der Waals surface area contributed by atoms with Crippen LogP contribution in [0.5, 0.6) is 5.88 Å². The highest BCUT2D eigenvalue weighted by Crippen LogP contribution is 2.38. The van der Waals surface area contributed by atoms with E-state index in [0.717, 1.165) is 48.7 Å². The molecule has 0 aromatic carbocycles. The molecule has 1 aliphatic carbocycles. The van der Waals surface area contributed by atoms with E-state index in [-0.39, 0.29) is 24.8 Å². The predicted molar refractivity (Wildman–Crippen MR) is 119 cm³/mol. The highest BCUT2D eigenvalue weighted by Gasteiger charge is 2.35. The van der Waals surface area contributed by atoms with Gasteiger partial charge in [-0.05, 0) is 58.9 Å². The van der Waals surface area contributed by atoms with Gasteiger partial charge < -0.3 is 19.5 Å². The Balaban J connectivity index is 1.56. The van der Waals surface area contributed by atoms with Crippen LogP contribution in [0.25, 0.3) is 11.0 Å². The number of ether oxygens (including phenoxy) is 3. The second kappa shape index (κ2) is 8.80. The maximum absolute atomic E-state index is 12.9. The third kappa shape index (κ3) is 4.71. The van der Waals surface area contributed by atoms with Gasteiger partial charge in [0.25, 0.3) is 0 Å². The van der Waals surface area contributed by atoms with Crippen molar-refractivity contribution in [3.05, 3.63) is 23.9 Å². The Hall–Kier alpha value is -3.10. The van der Waals surface area contributed by atoms with Crippen molar-refractivity contribution in [2.45, 2.75) is 77.2 Å². The van der Waals surface area contributed by atoms with E-state index in [1.807, 2.05) is 26.8 Å². The van der Waals surface area contributed by atoms with Crippen molar-refractivity contribution in [1.82, 2.24) is 15.3 Å². The number of carbonyl (C=O) groups excluding carboxylic acids is 2. The molecule has 172 valence electrons. The Morgan fingerprint density at radius 3 is 2.78 bits per heavy atom. The summed E-state index contributed by atoms with van der Waals surface area (Å²) >= 11 is 0. The number of nitrogens with zero attached hydrogens (tertiary/aromatic N) is 3. The molecule has 1 N–H and O–H groups in total. The first kappa shape index (κ1) is 22.1. The molecular weight excluding hydrogens is 412 g/mol. The third-order valence-corrected chi connectivity index (χ3v) is 5.77. The summed E-state index contributed by atoms with van der Waals surface area (Å²) in [7, 11) is 1.56. The first-order chi connectivity index (χ1) is 15.2. The van der Waals surface area contributed by atoms with Gasteiger partial charge in [0.15, 0.2) is 5.65 Å². The minimum absolute atomic E-state index is 0.00948. The minimum Gasteiger partial charge on any atom is -0.481 e. The van der Waals surface area contributed by atoms with Crippen molar-refractivity contribution < 1.29 is 23.8 Å². The number of carbonyl (C=O) groups is 2. The fraction of sp³-hybridized carbons (Fsp3) is 0.565. The lowest BCUT2D eigenvalue weighted by atomic mass is 10.0. The highest BCUT2D eigenvalue weighted by atomic mass is 16.6. The fourth-order valence-electron chi connectivity index (χ4n) is 4.38. The largest absolute Gasteiger partial charge is 0.481 e. The van der Waals surface area contributed by atoms with Crippen LogP contribution in [-0.4, -0.2) is 46.9 Å². The molecule has 0 saturated heterocycles. The summed E-state index contributed by atoms with van der Waals surface area (Å²) in [5.41, 5.74) is 1.66. The van der Waals surface area contributed by atoms with Crippen LogP contribution < -0.4 is 15.0 Å². The summed E-state index contributed by atoms with van der Waals surface area (Å²) in [6.07, 6.45) is 4.97. The van der Waals surface area contributed by atoms with Gasteiger partial charge in [-0.1, -0.05) is 0 Å². The van der Waals surface area contributed by atoms with Gasteiger partial charge in [0.1, 0.15) is 12.2 Å². The first-order valence-corrected chi connectivity index (χ1v) is 11.0. The quantitative estimate of drug-likeness (QED) is 0.706. The summed E-state index contributed by atoms with van der Waals surface area (Å²) in [5, 5.41) is 3.78. The van der Waals surface area contributed by atoms with Crippen LogP contribution in [-0.2, 0) is 16.1 Å². The van der Waals surface area contributed by atoms with E-state index in [2.05, 4.69) is 15.3 Å². The highest BCUT2D eigenvalue weighted by molar-refractivity contribution is 6.02. The van der Waals surface area contributed by atoms with Crippen LogP contribution in [0.15, 0.2) is 18.3 Å². The molecule has 2 aliphatic rings. The van der Waals surface area contributed by atoms with Crippen molar-refractivity contribution in [2.24, 2.45) is 0 Å². The molecule has 2 unspecified atom stereocenters. The van der Waals surface area contributed by atoms with E-state index in [0.29, 0.717) is 11.5 Å². The van der Waals surface area contributed by atoms with Crippen molar-refractivity contribution in [1.29, 1.82) is 0 Å². The van der Waals surface area contributed by atoms with Gasteiger partial charge in [0.2, 0.25) is 5.88 Å². The monoisotopic (exact) mass is 442 g/mol. The van der Waals surface area contributed by atoms with Gasteiger partial charge in [-0.25, -0.2) is 14.6 Å². The number of cyclic esters (lactones) is 1. The zero-order valence-corrected chi connectivity index (χ0v) is 19.0. The van der Waals surface area contributed by atoms with Crippen molar-refractivity contribution >= 4 is 28.9 Å². The van der Waals surface area contributed by atoms with Gasteiger partial charge in [-0.3, -0.25) is 4.90 Å². The molecule has 2 aromatic heterocycles. The SMILES string of the molecule is COc1ccc2c3c(cnc2n1)COC(=O)N3C1CCCC(NC(=O)OC(C)(C)C)CC1. The topological polar surface area (TPSA) is 103 Å². The fourth-order valence-corrected chi connectivity index (χ4v) is 4.38. The van der Waals surface area contributed by atoms with Gasteiger partial charge in [-0.2, -0.15) is 4.98 Å². The van der Waals surface area contributed by atoms with E-state index >= 15 is 0 Å². The molecule has 2 aromatic rings. The molecule has 0 radical (unpaired) electrons. The van der Waals surface area contributed by atoms with Crippen LogP contribution in [0, 0.1) is 0 Å². The second-order valence-electron chi connectivity index (χ2n) is 9.29. The lowest BCUT2D eigenvalue weighted by Gasteiger charge is -2.35. The smallest absolute Gasteiger partial charge is 0.414 e. The van der Waals surface area contributed by atoms with E-state index in [1.165, 1.54) is 0 Å². The van der Waals surface area contributed by atoms with Gasteiger partial charge in [0, 0.05) is 35.3 Å². The minimum atomic E-state index is -0.537. The molecule has 32 heavy (non-hydrogen) atoms. The number of fused-ring (bicyclic) bond motifs is 3. The van der Waals surface area contributed by atoms with Crippen LogP contribution >= 0.6 is 0 Å². The molecule has 3 heterocycles. The standard InChI is InChI=1S/C23H30N4O5/c1-23(2,3)32-21(28)25-15-6-5-7-16(9-8-15)27-19-14(13-31-22(27)29)12-24-20-17(19)10-11-18(26-20)30-4/h10-12,15-16H,5-9,13H2,1-4H3,(H,25,28). The van der Waals surface area contributed by atoms with Crippen molar-refractivity contribution in [3.63, 3.8) is 0 Å². The maximum atomic E-state index is 12.9. The maximum Gasteiger partial charge on any atom is 0.414 e. The molecule has 2 amide bonds. The lowest BCUT2D eigenvalue weighted by molar-refractivity contribution is 0.0499. The number of nitrogens with one attached hydrogen (secondary N) is 1. The predicted octanol–water partition coefficient (Wildman–Crippen LogP) is 4.32. The lowest BCUT2D eigenvalue weighted by Crippen LogP contribution is -2.44. The molecule has 0 spiro atoms. The molecule has 1 saturated carbocycles. The number of alkyl carbamates (subject to hydrolysis) is 1. The molecule has 9 heteroatoms. The number of hydrogen-bond acceptors (Lipinski definition) is 7. The summed E-state index contributed by atoms with van der Waals surface area (Å²) < 4.78 is 16.1. The molecule has 9 nitrogen and oxygen atoms in total. The van der Waals surface area contributed by atoms with E-state index < -0.39 is 11.7 Å². The number of hydrogen-bond donors (Lipinski definition) is 1. The Morgan fingerprint density at radius 1 is 1.22 bits per heavy atom. The zero-order chi connectivity index (χ0) is 22.9. The molecule has 4 rings (SSSR count). The van der Waals surface area contributed by atoms with Crippen LogP contribution in [0.2, 0.25) is 0 Å². The number of pyridine rings is 2. The third-order valence-electron chi connectivity index (χ3n) is 5.77. The summed E-state index contributed by atoms with van der Waals surface area (Å²) in [6, 6.07) is 3.63. The summed E-state index contributed by atoms with van der Waals surface area (Å²) in [4.78, 5) is 35.7. The number of anilines is 1. The Labute approximate surface area is 187 Å². The average Bonchev–Trinajstić information content (AvgIpc) is 2.97. The second-order valence-corrected chi connectivity index (χ2v) is 9.29. The summed E-state index contributed by atoms with van der Waals surface area (Å²) in [6.45, 7) is 5.73. The van der Waals surface area contributed by atoms with Gasteiger partial charge in [0.05, 0.1) is 12.8 Å². The number of rotatable bonds is 3. The average molecular weight is 443 g/mol. The van der Waals surface area contributed by atoms with Crippen molar-refractivity contribution in [2.75, 3.05) is 12.0 Å². The molecule has 1 aliphatic heterocycles. The Bertz CT molecular complexity index is 1020. The molecule has 1 fully saturated rings. The number of amides is 2. The van der Waals surface area contributed by atoms with Crippen LogP contribution in [0.1, 0.15) is 58.4 Å². The number of aromatic nitrogens is 2. The van der Waals surface area contributed by atoms with E-state index in [9.17, 15) is 9.59 Å². The summed E-state index contributed by atoms with van der Waals surface area (Å²) in [5.74, 6) is 0.473. The first-order valence-electron chi connectivity index (χ1n) is 11.0. The number of methoxy groups -OCH3 is 1. The zero-order valence-electron chi connectivity index (χ0n) is 19.0. The van der Waals surface area contributed by atoms with Gasteiger partial charge >= 0.3 is 12.2 Å².